The van der Waals surface area contributed by atoms with Crippen molar-refractivity contribution in [2.24, 2.45) is 5.41 Å². The van der Waals surface area contributed by atoms with Gasteiger partial charge in [0.25, 0.3) is 0 Å². The zero-order valence-electron chi connectivity index (χ0n) is 15.5. The van der Waals surface area contributed by atoms with Crippen LogP contribution in [0.2, 0.25) is 0 Å². The molecule has 136 valence electrons. The summed E-state index contributed by atoms with van der Waals surface area (Å²) in [6.45, 7) is 8.31. The molecule has 25 heavy (non-hydrogen) atoms. The minimum absolute atomic E-state index is 0.355. The molecule has 0 heterocycles. The van der Waals surface area contributed by atoms with Gasteiger partial charge in [0, 0.05) is 0 Å². The second-order valence-corrected chi connectivity index (χ2v) is 5.40. The maximum absolute atomic E-state index is 12.4. The van der Waals surface area contributed by atoms with Gasteiger partial charge in [-0.15, -0.1) is 0 Å². The van der Waals surface area contributed by atoms with Crippen LogP contribution in [0.1, 0.15) is 44.5 Å². The van der Waals surface area contributed by atoms with Crippen LogP contribution in [0, 0.1) is 5.41 Å². The van der Waals surface area contributed by atoms with Crippen LogP contribution in [0.4, 0.5) is 0 Å². The molecule has 1 aromatic carbocycles. The average molecular weight is 346 g/mol. The van der Waals surface area contributed by atoms with Crippen molar-refractivity contribution in [1.29, 1.82) is 0 Å². The molecule has 0 spiro atoms. The Morgan fingerprint density at radius 2 is 1.80 bits per heavy atom. The Morgan fingerprint density at radius 3 is 2.28 bits per heavy atom. The zero-order valence-corrected chi connectivity index (χ0v) is 15.5. The monoisotopic (exact) mass is 346 g/mol. The average Bonchev–Trinajstić information content (AvgIpc) is 2.65. The van der Waals surface area contributed by atoms with Crippen molar-refractivity contribution >= 4 is 11.9 Å². The maximum atomic E-state index is 12.4. The summed E-state index contributed by atoms with van der Waals surface area (Å²) in [4.78, 5) is 23.8. The number of rotatable bonds is 5. The fraction of sp³-hybridized carbons (Fsp3) is 0.400. The number of esters is 2. The summed E-state index contributed by atoms with van der Waals surface area (Å²) in [7, 11) is 1.32. The predicted molar refractivity (Wildman–Crippen MR) is 96.3 cm³/mol. The number of allylic oxidation sites excluding steroid dienone is 2. The molecule has 0 aliphatic heterocycles. The predicted octanol–water partition coefficient (Wildman–Crippen LogP) is 4.29. The molecular formula is C20H26O5. The first-order valence-electron chi connectivity index (χ1n) is 8.41. The number of hydrogen-bond donors (Lipinski definition) is 0. The van der Waals surface area contributed by atoms with E-state index >= 15 is 0 Å². The molecular weight excluding hydrogens is 320 g/mol. The normalized spacial score (nSPS) is 18.4. The van der Waals surface area contributed by atoms with Crippen molar-refractivity contribution in [3.63, 3.8) is 0 Å². The van der Waals surface area contributed by atoms with Gasteiger partial charge in [-0.05, 0) is 56.7 Å². The molecule has 0 amide bonds. The highest BCUT2D eigenvalue weighted by molar-refractivity contribution is 5.89. The van der Waals surface area contributed by atoms with Crippen LogP contribution in [0.15, 0.2) is 48.3 Å². The minimum atomic E-state index is -0.735. The topological polar surface area (TPSA) is 61.8 Å². The molecule has 0 radical (unpaired) electrons. The van der Waals surface area contributed by atoms with Crippen LogP contribution in [-0.4, -0.2) is 25.7 Å². The van der Waals surface area contributed by atoms with E-state index in [4.69, 9.17) is 9.47 Å². The lowest BCUT2D eigenvalue weighted by Gasteiger charge is -2.25. The minimum Gasteiger partial charge on any atom is -0.494 e. The molecule has 1 aromatic rings. The highest BCUT2D eigenvalue weighted by Crippen LogP contribution is 2.31. The quantitative estimate of drug-likeness (QED) is 0.588. The second-order valence-electron chi connectivity index (χ2n) is 5.40. The smallest absolute Gasteiger partial charge is 0.337 e. The number of ether oxygens (including phenoxy) is 3. The number of carbonyl (C=O) groups is 2. The van der Waals surface area contributed by atoms with E-state index in [1.807, 2.05) is 33.8 Å². The molecule has 0 saturated carbocycles. The van der Waals surface area contributed by atoms with E-state index in [9.17, 15) is 9.59 Å². The Kier molecular flexibility index (Phi) is 7.92. The second kappa shape index (κ2) is 9.67. The number of benzene rings is 1. The summed E-state index contributed by atoms with van der Waals surface area (Å²) in [6, 6.07) is 6.25. The summed E-state index contributed by atoms with van der Waals surface area (Å²) >= 11 is 0. The van der Waals surface area contributed by atoms with E-state index in [-0.39, 0.29) is 5.97 Å². The maximum Gasteiger partial charge on any atom is 0.337 e. The molecule has 5 nitrogen and oxygen atoms in total. The first-order chi connectivity index (χ1) is 12.0. The molecule has 0 bridgehead atoms. The van der Waals surface area contributed by atoms with E-state index in [0.717, 1.165) is 5.76 Å². The van der Waals surface area contributed by atoms with Crippen LogP contribution < -0.4 is 4.74 Å². The van der Waals surface area contributed by atoms with Gasteiger partial charge in [-0.3, -0.25) is 4.79 Å². The third-order valence-corrected chi connectivity index (χ3v) is 3.61. The molecule has 0 aromatic heterocycles. The highest BCUT2D eigenvalue weighted by Gasteiger charge is 2.33. The van der Waals surface area contributed by atoms with Gasteiger partial charge < -0.3 is 14.2 Å². The van der Waals surface area contributed by atoms with Crippen LogP contribution in [-0.2, 0) is 14.3 Å². The largest absolute Gasteiger partial charge is 0.494 e. The van der Waals surface area contributed by atoms with Crippen LogP contribution in [0.3, 0.4) is 0 Å². The van der Waals surface area contributed by atoms with Gasteiger partial charge in [-0.2, -0.15) is 0 Å². The van der Waals surface area contributed by atoms with E-state index < -0.39 is 11.4 Å². The third-order valence-electron chi connectivity index (χ3n) is 3.61. The number of carbonyl (C=O) groups excluding carboxylic acids is 2. The van der Waals surface area contributed by atoms with Gasteiger partial charge in [0.1, 0.15) is 11.5 Å². The first-order valence-corrected chi connectivity index (χ1v) is 8.41. The lowest BCUT2D eigenvalue weighted by atomic mass is 9.83. The third kappa shape index (κ3) is 5.48. The summed E-state index contributed by atoms with van der Waals surface area (Å²) in [5.41, 5.74) is -0.331. The molecule has 1 aliphatic rings. The van der Waals surface area contributed by atoms with Gasteiger partial charge in [0.05, 0.1) is 24.7 Å². The van der Waals surface area contributed by atoms with Crippen LogP contribution >= 0.6 is 0 Å². The van der Waals surface area contributed by atoms with Crippen LogP contribution in [0.5, 0.6) is 5.75 Å². The molecule has 2 rings (SSSR count). The molecule has 5 heteroatoms. The lowest BCUT2D eigenvalue weighted by molar-refractivity contribution is -0.142. The Hall–Kier alpha value is -2.56. The summed E-state index contributed by atoms with van der Waals surface area (Å²) in [6.07, 6.45) is 5.97. The van der Waals surface area contributed by atoms with Gasteiger partial charge in [-0.1, -0.05) is 19.9 Å². The van der Waals surface area contributed by atoms with E-state index in [0.29, 0.717) is 24.3 Å². The highest BCUT2D eigenvalue weighted by atomic mass is 16.5. The van der Waals surface area contributed by atoms with Crippen LogP contribution in [0.25, 0.3) is 0 Å². The van der Waals surface area contributed by atoms with Gasteiger partial charge in [0.15, 0.2) is 0 Å². The van der Waals surface area contributed by atoms with E-state index in [1.54, 1.807) is 36.4 Å². The van der Waals surface area contributed by atoms with Gasteiger partial charge >= 0.3 is 11.9 Å². The Balaban J connectivity index is 0.00000151. The van der Waals surface area contributed by atoms with Gasteiger partial charge in [0.2, 0.25) is 0 Å². The Morgan fingerprint density at radius 1 is 1.16 bits per heavy atom. The summed E-state index contributed by atoms with van der Waals surface area (Å²) < 4.78 is 15.4. The fourth-order valence-electron chi connectivity index (χ4n) is 2.14. The van der Waals surface area contributed by atoms with Gasteiger partial charge in [-0.25, -0.2) is 4.79 Å². The summed E-state index contributed by atoms with van der Waals surface area (Å²) in [5, 5.41) is 0. The standard InChI is InChI=1S/C18H20O5.C2H6/c1-4-22-14-9-11-18(2,12-10-14)17(20)23-15-7-5-13(6-8-15)16(19)21-3;1-2/h5-11H,4,12H2,1-3H3;1-2H3. The van der Waals surface area contributed by atoms with Crippen molar-refractivity contribution in [2.75, 3.05) is 13.7 Å². The lowest BCUT2D eigenvalue weighted by Crippen LogP contribution is -2.31. The van der Waals surface area contributed by atoms with Crippen molar-refractivity contribution in [2.45, 2.75) is 34.1 Å². The Labute approximate surface area is 149 Å². The molecule has 1 unspecified atom stereocenters. The fourth-order valence-corrected chi connectivity index (χ4v) is 2.14. The molecule has 0 N–H and O–H groups in total. The number of methoxy groups -OCH3 is 1. The van der Waals surface area contributed by atoms with Crippen molar-refractivity contribution < 1.29 is 23.8 Å². The van der Waals surface area contributed by atoms with Crippen molar-refractivity contribution in [3.05, 3.63) is 53.8 Å². The Bertz CT molecular complexity index is 643. The van der Waals surface area contributed by atoms with E-state index in [1.165, 1.54) is 7.11 Å². The first kappa shape index (κ1) is 20.5. The summed E-state index contributed by atoms with van der Waals surface area (Å²) in [5.74, 6) is 0.363. The molecule has 1 atom stereocenters. The van der Waals surface area contributed by atoms with Crippen molar-refractivity contribution in [3.8, 4) is 5.75 Å². The molecule has 0 fully saturated rings. The molecule has 0 saturated heterocycles. The SMILES string of the molecule is CC.CCOC1=CCC(C)(C(=O)Oc2ccc(C(=O)OC)cc2)C=C1. The van der Waals surface area contributed by atoms with E-state index in [2.05, 4.69) is 4.74 Å². The molecule has 1 aliphatic carbocycles. The zero-order chi connectivity index (χ0) is 18.9. The number of hydrogen-bond acceptors (Lipinski definition) is 5. The van der Waals surface area contributed by atoms with Crippen molar-refractivity contribution in [1.82, 2.24) is 0 Å².